The number of nitrogens with one attached hydrogen (secondary N) is 1. The summed E-state index contributed by atoms with van der Waals surface area (Å²) in [6, 6.07) is 5.27. The van der Waals surface area contributed by atoms with Crippen molar-refractivity contribution < 1.29 is 10.2 Å². The van der Waals surface area contributed by atoms with Crippen LogP contribution in [0.4, 0.5) is 0 Å². The summed E-state index contributed by atoms with van der Waals surface area (Å²) in [7, 11) is 0. The van der Waals surface area contributed by atoms with Crippen molar-refractivity contribution >= 4 is 0 Å². The van der Waals surface area contributed by atoms with Crippen molar-refractivity contribution in [1.82, 2.24) is 10.2 Å². The van der Waals surface area contributed by atoms with Crippen LogP contribution in [0.5, 0.6) is 11.5 Å². The summed E-state index contributed by atoms with van der Waals surface area (Å²) < 4.78 is 0. The highest BCUT2D eigenvalue weighted by molar-refractivity contribution is 5.38. The first-order chi connectivity index (χ1) is 9.70. The Labute approximate surface area is 121 Å². The van der Waals surface area contributed by atoms with E-state index in [0.717, 1.165) is 38.2 Å². The molecule has 20 heavy (non-hydrogen) atoms. The van der Waals surface area contributed by atoms with Crippen LogP contribution in [0.25, 0.3) is 0 Å². The molecule has 0 aliphatic carbocycles. The molecule has 4 heteroatoms. The summed E-state index contributed by atoms with van der Waals surface area (Å²) in [5, 5.41) is 22.8. The average molecular weight is 278 g/mol. The Morgan fingerprint density at radius 3 is 2.35 bits per heavy atom. The van der Waals surface area contributed by atoms with Gasteiger partial charge in [0.15, 0.2) is 0 Å². The number of nitrogens with zero attached hydrogens (tertiary/aromatic N) is 1. The predicted octanol–water partition coefficient (Wildman–Crippen LogP) is 2.62. The van der Waals surface area contributed by atoms with Gasteiger partial charge in [-0.15, -0.1) is 0 Å². The number of phenols is 2. The summed E-state index contributed by atoms with van der Waals surface area (Å²) in [5.41, 5.74) is 1.03. The number of hydrogen-bond acceptors (Lipinski definition) is 4. The summed E-state index contributed by atoms with van der Waals surface area (Å²) >= 11 is 0. The van der Waals surface area contributed by atoms with E-state index in [2.05, 4.69) is 17.1 Å². The van der Waals surface area contributed by atoms with Crippen molar-refractivity contribution in [2.45, 2.75) is 38.6 Å². The molecule has 4 nitrogen and oxygen atoms in total. The second-order valence-corrected chi connectivity index (χ2v) is 5.58. The number of rotatable bonds is 6. The maximum atomic E-state index is 9.72. The molecule has 1 aromatic carbocycles. The molecule has 1 fully saturated rings. The maximum absolute atomic E-state index is 9.72. The average Bonchev–Trinajstić information content (AvgIpc) is 2.43. The van der Waals surface area contributed by atoms with Gasteiger partial charge in [-0.05, 0) is 24.1 Å². The van der Waals surface area contributed by atoms with Crippen molar-refractivity contribution in [3.63, 3.8) is 0 Å². The first-order valence-corrected chi connectivity index (χ1v) is 7.68. The van der Waals surface area contributed by atoms with Crippen molar-refractivity contribution in [2.75, 3.05) is 26.2 Å². The van der Waals surface area contributed by atoms with Gasteiger partial charge in [0.2, 0.25) is 0 Å². The van der Waals surface area contributed by atoms with Crippen LogP contribution in [-0.4, -0.2) is 41.3 Å². The zero-order chi connectivity index (χ0) is 14.4. The molecule has 1 saturated heterocycles. The van der Waals surface area contributed by atoms with Crippen molar-refractivity contribution in [3.05, 3.63) is 23.8 Å². The van der Waals surface area contributed by atoms with Gasteiger partial charge in [-0.3, -0.25) is 4.90 Å². The first-order valence-electron chi connectivity index (χ1n) is 7.68. The van der Waals surface area contributed by atoms with Gasteiger partial charge in [-0.25, -0.2) is 0 Å². The number of benzene rings is 1. The monoisotopic (exact) mass is 278 g/mol. The molecule has 0 bridgehead atoms. The molecule has 0 spiro atoms. The number of phenolic OH excluding ortho intramolecular Hbond substituents is 2. The Morgan fingerprint density at radius 2 is 1.75 bits per heavy atom. The number of hydrogen-bond donors (Lipinski definition) is 3. The molecule has 2 rings (SSSR count). The van der Waals surface area contributed by atoms with Gasteiger partial charge in [-0.1, -0.05) is 26.2 Å². The van der Waals surface area contributed by atoms with Gasteiger partial charge in [0.1, 0.15) is 11.5 Å². The largest absolute Gasteiger partial charge is 0.508 e. The second kappa shape index (κ2) is 7.50. The standard InChI is InChI=1S/C16H26N2O2/c1-2-3-4-5-16(18-8-6-17-7-9-18)13-10-14(19)12-15(20)11-13/h10-12,16-17,19-20H,2-9H2,1H3/t16-/m0/s1. The summed E-state index contributed by atoms with van der Waals surface area (Å²) in [4.78, 5) is 2.46. The third-order valence-electron chi connectivity index (χ3n) is 3.98. The lowest BCUT2D eigenvalue weighted by Crippen LogP contribution is -2.45. The van der Waals surface area contributed by atoms with Gasteiger partial charge in [-0.2, -0.15) is 0 Å². The highest BCUT2D eigenvalue weighted by Crippen LogP contribution is 2.32. The smallest absolute Gasteiger partial charge is 0.119 e. The Morgan fingerprint density at radius 1 is 1.10 bits per heavy atom. The number of piperazine rings is 1. The summed E-state index contributed by atoms with van der Waals surface area (Å²) in [6.07, 6.45) is 4.70. The van der Waals surface area contributed by atoms with Gasteiger partial charge >= 0.3 is 0 Å². The molecule has 112 valence electrons. The minimum atomic E-state index is 0.149. The second-order valence-electron chi connectivity index (χ2n) is 5.58. The van der Waals surface area contributed by atoms with E-state index in [1.807, 2.05) is 0 Å². The fourth-order valence-corrected chi connectivity index (χ4v) is 2.95. The molecule has 0 amide bonds. The van der Waals surface area contributed by atoms with Crippen molar-refractivity contribution in [3.8, 4) is 11.5 Å². The predicted molar refractivity (Wildman–Crippen MR) is 81.1 cm³/mol. The fourth-order valence-electron chi connectivity index (χ4n) is 2.95. The van der Waals surface area contributed by atoms with Crippen molar-refractivity contribution in [2.24, 2.45) is 0 Å². The van der Waals surface area contributed by atoms with E-state index in [0.29, 0.717) is 6.04 Å². The molecule has 1 atom stereocenters. The Bertz CT molecular complexity index is 397. The molecular formula is C16H26N2O2. The summed E-state index contributed by atoms with van der Waals surface area (Å²) in [6.45, 7) is 6.27. The highest BCUT2D eigenvalue weighted by atomic mass is 16.3. The molecule has 0 aromatic heterocycles. The Kier molecular flexibility index (Phi) is 5.68. The van der Waals surface area contributed by atoms with Gasteiger partial charge in [0, 0.05) is 38.3 Å². The van der Waals surface area contributed by atoms with Crippen LogP contribution < -0.4 is 5.32 Å². The minimum Gasteiger partial charge on any atom is -0.508 e. The van der Waals surface area contributed by atoms with Crippen LogP contribution in [-0.2, 0) is 0 Å². The molecule has 1 heterocycles. The molecule has 3 N–H and O–H groups in total. The maximum Gasteiger partial charge on any atom is 0.119 e. The number of unbranched alkanes of at least 4 members (excludes halogenated alkanes) is 2. The topological polar surface area (TPSA) is 55.7 Å². The summed E-state index contributed by atoms with van der Waals surface area (Å²) in [5.74, 6) is 0.297. The van der Waals surface area contributed by atoms with Crippen LogP contribution in [0.15, 0.2) is 18.2 Å². The van der Waals surface area contributed by atoms with E-state index >= 15 is 0 Å². The minimum absolute atomic E-state index is 0.149. The first kappa shape index (κ1) is 15.1. The van der Waals surface area contributed by atoms with E-state index in [-0.39, 0.29) is 11.5 Å². The lowest BCUT2D eigenvalue weighted by molar-refractivity contribution is 0.162. The Hall–Kier alpha value is -1.26. The lowest BCUT2D eigenvalue weighted by atomic mass is 9.97. The zero-order valence-electron chi connectivity index (χ0n) is 12.3. The number of aromatic hydroxyl groups is 2. The third kappa shape index (κ3) is 4.12. The third-order valence-corrected chi connectivity index (χ3v) is 3.98. The van der Waals surface area contributed by atoms with Crippen LogP contribution in [0, 0.1) is 0 Å². The normalized spacial score (nSPS) is 18.1. The molecule has 1 aliphatic rings. The zero-order valence-corrected chi connectivity index (χ0v) is 12.3. The van der Waals surface area contributed by atoms with Crippen LogP contribution in [0.2, 0.25) is 0 Å². The highest BCUT2D eigenvalue weighted by Gasteiger charge is 2.22. The lowest BCUT2D eigenvalue weighted by Gasteiger charge is -2.35. The van der Waals surface area contributed by atoms with E-state index in [4.69, 9.17) is 0 Å². The van der Waals surface area contributed by atoms with Gasteiger partial charge in [0.25, 0.3) is 0 Å². The molecular weight excluding hydrogens is 252 g/mol. The van der Waals surface area contributed by atoms with E-state index in [1.54, 1.807) is 12.1 Å². The SMILES string of the molecule is CCCCC[C@@H](c1cc(O)cc(O)c1)N1CCNCC1. The fraction of sp³-hybridized carbons (Fsp3) is 0.625. The molecule has 1 aromatic rings. The molecule has 0 saturated carbocycles. The Balaban J connectivity index is 2.15. The van der Waals surface area contributed by atoms with Crippen LogP contribution in [0.1, 0.15) is 44.2 Å². The van der Waals surface area contributed by atoms with E-state index in [9.17, 15) is 10.2 Å². The van der Waals surface area contributed by atoms with E-state index in [1.165, 1.54) is 25.3 Å². The molecule has 0 radical (unpaired) electrons. The molecule has 0 unspecified atom stereocenters. The van der Waals surface area contributed by atoms with Crippen LogP contribution >= 0.6 is 0 Å². The van der Waals surface area contributed by atoms with Gasteiger partial charge < -0.3 is 15.5 Å². The molecule has 1 aliphatic heterocycles. The van der Waals surface area contributed by atoms with Crippen molar-refractivity contribution in [1.29, 1.82) is 0 Å². The quantitative estimate of drug-likeness (QED) is 0.700. The van der Waals surface area contributed by atoms with E-state index < -0.39 is 0 Å². The van der Waals surface area contributed by atoms with Crippen LogP contribution in [0.3, 0.4) is 0 Å². The van der Waals surface area contributed by atoms with Gasteiger partial charge in [0.05, 0.1) is 0 Å².